The van der Waals surface area contributed by atoms with Crippen LogP contribution in [-0.4, -0.2) is 39.8 Å². The number of carbonyl (C=O) groups is 1. The molecule has 0 spiro atoms. The largest absolute Gasteiger partial charge is 0.493 e. The highest BCUT2D eigenvalue weighted by molar-refractivity contribution is 7.10. The Bertz CT molecular complexity index is 979. The van der Waals surface area contributed by atoms with Gasteiger partial charge in [0, 0.05) is 30.4 Å². The van der Waals surface area contributed by atoms with Gasteiger partial charge in [0.2, 0.25) is 11.8 Å². The zero-order valence-corrected chi connectivity index (χ0v) is 15.7. The monoisotopic (exact) mass is 383 g/mol. The van der Waals surface area contributed by atoms with Crippen molar-refractivity contribution in [1.29, 1.82) is 0 Å². The zero-order valence-electron chi connectivity index (χ0n) is 14.9. The fraction of sp³-hybridized carbons (Fsp3) is 0.350. The highest BCUT2D eigenvalue weighted by atomic mass is 32.1. The van der Waals surface area contributed by atoms with Gasteiger partial charge in [-0.25, -0.2) is 0 Å². The Hall–Kier alpha value is -2.67. The van der Waals surface area contributed by atoms with Crippen molar-refractivity contribution in [2.45, 2.75) is 32.2 Å². The van der Waals surface area contributed by atoms with E-state index in [1.54, 1.807) is 17.2 Å². The second-order valence-electron chi connectivity index (χ2n) is 6.81. The molecule has 140 valence electrons. The Balaban J connectivity index is 1.58. The van der Waals surface area contributed by atoms with Gasteiger partial charge in [-0.05, 0) is 25.0 Å². The summed E-state index contributed by atoms with van der Waals surface area (Å²) in [6.07, 6.45) is 7.73. The molecule has 7 heteroatoms. The molecule has 2 aromatic rings. The minimum Gasteiger partial charge on any atom is -0.493 e. The van der Waals surface area contributed by atoms with Gasteiger partial charge in [0.1, 0.15) is 6.54 Å². The van der Waals surface area contributed by atoms with Gasteiger partial charge in [-0.2, -0.15) is 0 Å². The Morgan fingerprint density at radius 3 is 2.70 bits per heavy atom. The SMILES string of the molecule is O=C(Cn1c(O)c(/C=C2/C=Nc3ccccc32)sc1=O)N1CCCCCC1. The van der Waals surface area contributed by atoms with E-state index in [1.165, 1.54) is 4.57 Å². The lowest BCUT2D eigenvalue weighted by molar-refractivity contribution is -0.131. The normalized spacial score (nSPS) is 17.9. The number of fused-ring (bicyclic) bond motifs is 1. The summed E-state index contributed by atoms with van der Waals surface area (Å²) in [7, 11) is 0. The van der Waals surface area contributed by atoms with E-state index in [9.17, 15) is 14.7 Å². The molecule has 1 aromatic heterocycles. The van der Waals surface area contributed by atoms with Crippen LogP contribution >= 0.6 is 11.3 Å². The first kappa shape index (κ1) is 17.7. The molecular weight excluding hydrogens is 362 g/mol. The van der Waals surface area contributed by atoms with E-state index in [4.69, 9.17) is 0 Å². The first-order valence-electron chi connectivity index (χ1n) is 9.19. The van der Waals surface area contributed by atoms with Gasteiger partial charge in [-0.1, -0.05) is 42.4 Å². The summed E-state index contributed by atoms with van der Waals surface area (Å²) in [4.78, 5) is 31.2. The van der Waals surface area contributed by atoms with E-state index in [2.05, 4.69) is 4.99 Å². The van der Waals surface area contributed by atoms with E-state index >= 15 is 0 Å². The number of hydrogen-bond donors (Lipinski definition) is 1. The number of nitrogens with zero attached hydrogens (tertiary/aromatic N) is 3. The third kappa shape index (κ3) is 3.60. The molecule has 1 saturated heterocycles. The Morgan fingerprint density at radius 1 is 1.19 bits per heavy atom. The molecule has 1 fully saturated rings. The fourth-order valence-corrected chi connectivity index (χ4v) is 4.33. The number of aromatic hydroxyl groups is 1. The van der Waals surface area contributed by atoms with Gasteiger partial charge in [-0.3, -0.25) is 19.1 Å². The summed E-state index contributed by atoms with van der Waals surface area (Å²) < 4.78 is 1.17. The zero-order chi connectivity index (χ0) is 18.8. The summed E-state index contributed by atoms with van der Waals surface area (Å²) in [5, 5.41) is 10.5. The highest BCUT2D eigenvalue weighted by Gasteiger charge is 2.21. The second-order valence-corrected chi connectivity index (χ2v) is 7.81. The fourth-order valence-electron chi connectivity index (χ4n) is 3.50. The second kappa shape index (κ2) is 7.52. The molecule has 1 N–H and O–H groups in total. The highest BCUT2D eigenvalue weighted by Crippen LogP contribution is 2.34. The standard InChI is InChI=1S/C20H21N3O3S/c24-18(22-9-5-1-2-6-10-22)13-23-19(25)17(27-20(23)26)11-14-12-21-16-8-4-3-7-15(14)16/h3-4,7-8,11-12,25H,1-2,5-6,9-10,13H2/b14-11-. The molecule has 0 radical (unpaired) electrons. The van der Waals surface area contributed by atoms with Crippen molar-refractivity contribution in [3.8, 4) is 5.88 Å². The molecule has 0 bridgehead atoms. The van der Waals surface area contributed by atoms with Gasteiger partial charge in [-0.15, -0.1) is 0 Å². The van der Waals surface area contributed by atoms with Crippen molar-refractivity contribution in [2.24, 2.45) is 4.99 Å². The topological polar surface area (TPSA) is 74.9 Å². The molecule has 0 saturated carbocycles. The number of aliphatic imine (C=N–C) groups is 1. The quantitative estimate of drug-likeness (QED) is 0.884. The summed E-state index contributed by atoms with van der Waals surface area (Å²) >= 11 is 0.944. The number of allylic oxidation sites excluding steroid dienone is 1. The van der Waals surface area contributed by atoms with E-state index in [0.717, 1.165) is 66.9 Å². The molecule has 0 aliphatic carbocycles. The summed E-state index contributed by atoms with van der Waals surface area (Å²) in [6, 6.07) is 7.71. The number of amides is 1. The summed E-state index contributed by atoms with van der Waals surface area (Å²) in [5.74, 6) is -0.266. The average Bonchev–Trinajstić information content (AvgIpc) is 3.04. The number of aromatic nitrogens is 1. The number of likely N-dealkylation sites (tertiary alicyclic amines) is 1. The molecule has 1 amide bonds. The van der Waals surface area contributed by atoms with Crippen LogP contribution in [0.25, 0.3) is 11.6 Å². The van der Waals surface area contributed by atoms with Crippen molar-refractivity contribution in [1.82, 2.24) is 9.47 Å². The van der Waals surface area contributed by atoms with E-state index in [0.29, 0.717) is 4.88 Å². The van der Waals surface area contributed by atoms with Gasteiger partial charge in [0.15, 0.2) is 0 Å². The van der Waals surface area contributed by atoms with Crippen molar-refractivity contribution in [3.63, 3.8) is 0 Å². The van der Waals surface area contributed by atoms with Crippen LogP contribution in [0, 0.1) is 0 Å². The molecule has 1 aromatic carbocycles. The molecule has 2 aliphatic rings. The number of carbonyl (C=O) groups excluding carboxylic acids is 1. The van der Waals surface area contributed by atoms with Crippen molar-refractivity contribution in [2.75, 3.05) is 13.1 Å². The van der Waals surface area contributed by atoms with Gasteiger partial charge < -0.3 is 10.0 Å². The Kier molecular flexibility index (Phi) is 4.94. The lowest BCUT2D eigenvalue weighted by Gasteiger charge is -2.20. The molecule has 4 rings (SSSR count). The summed E-state index contributed by atoms with van der Waals surface area (Å²) in [5.41, 5.74) is 2.67. The molecule has 2 aliphatic heterocycles. The van der Waals surface area contributed by atoms with Gasteiger partial charge in [0.05, 0.1) is 10.6 Å². The third-order valence-corrected chi connectivity index (χ3v) is 5.91. The van der Waals surface area contributed by atoms with Crippen LogP contribution in [0.3, 0.4) is 0 Å². The van der Waals surface area contributed by atoms with Crippen LogP contribution in [0.2, 0.25) is 0 Å². The van der Waals surface area contributed by atoms with Crippen LogP contribution in [0.4, 0.5) is 5.69 Å². The maximum Gasteiger partial charge on any atom is 0.311 e. The number of hydrogen-bond acceptors (Lipinski definition) is 5. The molecule has 0 unspecified atom stereocenters. The molecular formula is C20H21N3O3S. The molecule has 6 nitrogen and oxygen atoms in total. The minimum absolute atomic E-state index is 0.112. The number of thiazole rings is 1. The third-order valence-electron chi connectivity index (χ3n) is 4.99. The predicted molar refractivity (Wildman–Crippen MR) is 108 cm³/mol. The van der Waals surface area contributed by atoms with Crippen molar-refractivity contribution in [3.05, 3.63) is 44.4 Å². The van der Waals surface area contributed by atoms with Crippen molar-refractivity contribution >= 4 is 40.8 Å². The lowest BCUT2D eigenvalue weighted by atomic mass is 10.1. The maximum atomic E-state index is 12.6. The number of benzene rings is 1. The van der Waals surface area contributed by atoms with Gasteiger partial charge >= 0.3 is 4.87 Å². The maximum absolute atomic E-state index is 12.6. The first-order valence-corrected chi connectivity index (χ1v) is 10.0. The first-order chi connectivity index (χ1) is 13.1. The lowest BCUT2D eigenvalue weighted by Crippen LogP contribution is -2.36. The van der Waals surface area contributed by atoms with Crippen LogP contribution in [0.5, 0.6) is 5.88 Å². The molecule has 27 heavy (non-hydrogen) atoms. The summed E-state index contributed by atoms with van der Waals surface area (Å²) in [6.45, 7) is 1.33. The van der Waals surface area contributed by atoms with Gasteiger partial charge in [0.25, 0.3) is 0 Å². The Morgan fingerprint density at radius 2 is 1.93 bits per heavy atom. The smallest absolute Gasteiger partial charge is 0.311 e. The molecule has 3 heterocycles. The predicted octanol–water partition coefficient (Wildman–Crippen LogP) is 3.27. The number of rotatable bonds is 3. The van der Waals surface area contributed by atoms with Crippen molar-refractivity contribution < 1.29 is 9.90 Å². The van der Waals surface area contributed by atoms with Crippen LogP contribution in [0.1, 0.15) is 36.1 Å². The average molecular weight is 383 g/mol. The van der Waals surface area contributed by atoms with E-state index in [1.807, 2.05) is 24.3 Å². The van der Waals surface area contributed by atoms with E-state index in [-0.39, 0.29) is 23.2 Å². The Labute approximate surface area is 161 Å². The minimum atomic E-state index is -0.328. The van der Waals surface area contributed by atoms with E-state index < -0.39 is 0 Å². The van der Waals surface area contributed by atoms with Crippen LogP contribution in [0.15, 0.2) is 34.1 Å². The van der Waals surface area contributed by atoms with Crippen LogP contribution in [-0.2, 0) is 11.3 Å². The van der Waals surface area contributed by atoms with Crippen LogP contribution < -0.4 is 4.87 Å². The number of para-hydroxylation sites is 1. The molecule has 0 atom stereocenters.